The molecule has 0 aliphatic carbocycles. The molecule has 1 aliphatic rings. The molecule has 2 aromatic rings. The molecule has 1 aliphatic heterocycles. The van der Waals surface area contributed by atoms with Gasteiger partial charge in [-0.3, -0.25) is 24.8 Å². The van der Waals surface area contributed by atoms with Gasteiger partial charge < -0.3 is 15.1 Å². The number of hydrogen-bond acceptors (Lipinski definition) is 8. The van der Waals surface area contributed by atoms with Gasteiger partial charge in [-0.05, 0) is 19.0 Å². The van der Waals surface area contributed by atoms with E-state index in [9.17, 15) is 19.7 Å². The summed E-state index contributed by atoms with van der Waals surface area (Å²) in [6, 6.07) is 5.08. The first-order chi connectivity index (χ1) is 15.2. The monoisotopic (exact) mass is 461 g/mol. The van der Waals surface area contributed by atoms with Crippen LogP contribution in [0.4, 0.5) is 5.69 Å². The minimum absolute atomic E-state index is 0.0181. The van der Waals surface area contributed by atoms with Crippen molar-refractivity contribution in [3.05, 3.63) is 45.8 Å². The Morgan fingerprint density at radius 1 is 1.28 bits per heavy atom. The zero-order chi connectivity index (χ0) is 23.3. The van der Waals surface area contributed by atoms with Crippen LogP contribution < -0.4 is 5.32 Å². The lowest BCUT2D eigenvalue weighted by Gasteiger charge is -2.32. The van der Waals surface area contributed by atoms with Crippen LogP contribution in [0.2, 0.25) is 0 Å². The van der Waals surface area contributed by atoms with E-state index in [-0.39, 0.29) is 28.8 Å². The van der Waals surface area contributed by atoms with Gasteiger partial charge in [0.15, 0.2) is 0 Å². The van der Waals surface area contributed by atoms with Gasteiger partial charge >= 0.3 is 0 Å². The fraction of sp³-hybridized carbons (Fsp3) is 0.500. The third-order valence-corrected chi connectivity index (χ3v) is 6.06. The summed E-state index contributed by atoms with van der Waals surface area (Å²) >= 11 is 1.25. The highest BCUT2D eigenvalue weighted by Gasteiger charge is 2.24. The Hall–Kier alpha value is -2.99. The minimum atomic E-state index is -0.542. The topological polar surface area (TPSA) is 137 Å². The van der Waals surface area contributed by atoms with Crippen LogP contribution in [0.5, 0.6) is 0 Å². The second-order valence-electron chi connectivity index (χ2n) is 7.98. The molecule has 1 fully saturated rings. The highest BCUT2D eigenvalue weighted by molar-refractivity contribution is 7.99. The molecule has 11 nitrogen and oxygen atoms in total. The number of carbonyl (C=O) groups excluding carboxylic acids is 2. The Labute approximate surface area is 190 Å². The summed E-state index contributed by atoms with van der Waals surface area (Å²) in [7, 11) is 2.04. The SMILES string of the molecule is CC(C)[C@@H](NC(=O)c1cccc([N+](=O)[O-])c1)c1nc(SCC(=O)N2CCN(C)CC2)n[nH]1. The molecule has 3 rings (SSSR count). The summed E-state index contributed by atoms with van der Waals surface area (Å²) in [6.07, 6.45) is 0. The van der Waals surface area contributed by atoms with Crippen LogP contribution in [0.3, 0.4) is 0 Å². The van der Waals surface area contributed by atoms with Gasteiger partial charge in [-0.25, -0.2) is 4.98 Å². The highest BCUT2D eigenvalue weighted by atomic mass is 32.2. The van der Waals surface area contributed by atoms with Crippen molar-refractivity contribution in [2.45, 2.75) is 25.0 Å². The largest absolute Gasteiger partial charge is 0.342 e. The molecule has 172 valence electrons. The molecule has 1 atom stereocenters. The first-order valence-electron chi connectivity index (χ1n) is 10.3. The van der Waals surface area contributed by atoms with E-state index in [2.05, 4.69) is 25.4 Å². The first kappa shape index (κ1) is 23.7. The number of aromatic amines is 1. The fourth-order valence-corrected chi connectivity index (χ4v) is 3.98. The normalized spacial score (nSPS) is 15.6. The molecule has 1 aromatic heterocycles. The third kappa shape index (κ3) is 6.04. The second-order valence-corrected chi connectivity index (χ2v) is 8.92. The number of rotatable bonds is 8. The molecule has 0 spiro atoms. The standard InChI is InChI=1S/C20H27N7O4S/c1-13(2)17(21-19(29)14-5-4-6-15(11-14)27(30)31)18-22-20(24-23-18)32-12-16(28)26-9-7-25(3)8-10-26/h4-6,11,13,17H,7-10,12H2,1-3H3,(H,21,29)(H,22,23,24)/t17-/m1/s1. The number of piperazine rings is 1. The van der Waals surface area contributed by atoms with Crippen molar-refractivity contribution in [3.8, 4) is 0 Å². The van der Waals surface area contributed by atoms with E-state index in [0.717, 1.165) is 13.1 Å². The lowest BCUT2D eigenvalue weighted by molar-refractivity contribution is -0.384. The molecule has 0 bridgehead atoms. The van der Waals surface area contributed by atoms with Crippen molar-refractivity contribution >= 4 is 29.3 Å². The van der Waals surface area contributed by atoms with E-state index < -0.39 is 16.9 Å². The molecule has 12 heteroatoms. The Morgan fingerprint density at radius 2 is 2.00 bits per heavy atom. The van der Waals surface area contributed by atoms with Crippen LogP contribution in [-0.2, 0) is 4.79 Å². The lowest BCUT2D eigenvalue weighted by Crippen LogP contribution is -2.47. The number of nitrogens with one attached hydrogen (secondary N) is 2. The molecule has 2 N–H and O–H groups in total. The summed E-state index contributed by atoms with van der Waals surface area (Å²) in [5, 5.41) is 21.3. The van der Waals surface area contributed by atoms with Gasteiger partial charge in [0.05, 0.1) is 16.7 Å². The maximum atomic E-state index is 12.7. The molecular formula is C20H27N7O4S. The number of carbonyl (C=O) groups is 2. The minimum Gasteiger partial charge on any atom is -0.342 e. The van der Waals surface area contributed by atoms with Gasteiger partial charge in [-0.1, -0.05) is 31.7 Å². The van der Waals surface area contributed by atoms with Crippen LogP contribution in [0.15, 0.2) is 29.4 Å². The Kier molecular flexibility index (Phi) is 7.80. The molecular weight excluding hydrogens is 434 g/mol. The average molecular weight is 462 g/mol. The van der Waals surface area contributed by atoms with Gasteiger partial charge in [-0.15, -0.1) is 5.10 Å². The van der Waals surface area contributed by atoms with E-state index in [4.69, 9.17) is 0 Å². The number of amides is 2. The van der Waals surface area contributed by atoms with Crippen molar-refractivity contribution < 1.29 is 14.5 Å². The van der Waals surface area contributed by atoms with Crippen molar-refractivity contribution in [2.24, 2.45) is 5.92 Å². The molecule has 0 unspecified atom stereocenters. The molecule has 1 saturated heterocycles. The Balaban J connectivity index is 1.61. The molecule has 1 aromatic carbocycles. The van der Waals surface area contributed by atoms with Gasteiger partial charge in [0.1, 0.15) is 5.82 Å². The maximum absolute atomic E-state index is 12.7. The van der Waals surface area contributed by atoms with Gasteiger partial charge in [-0.2, -0.15) is 0 Å². The predicted molar refractivity (Wildman–Crippen MR) is 119 cm³/mol. The predicted octanol–water partition coefficient (Wildman–Crippen LogP) is 1.71. The fourth-order valence-electron chi connectivity index (χ4n) is 3.27. The van der Waals surface area contributed by atoms with Gasteiger partial charge in [0, 0.05) is 43.9 Å². The summed E-state index contributed by atoms with van der Waals surface area (Å²) in [5.74, 6) is 0.300. The molecule has 0 saturated carbocycles. The Bertz CT molecular complexity index is 972. The van der Waals surface area contributed by atoms with Crippen LogP contribution in [0, 0.1) is 16.0 Å². The zero-order valence-corrected chi connectivity index (χ0v) is 19.1. The number of nitro groups is 1. The Morgan fingerprint density at radius 3 is 2.66 bits per heavy atom. The van der Waals surface area contributed by atoms with Crippen LogP contribution >= 0.6 is 11.8 Å². The number of nitrogens with zero attached hydrogens (tertiary/aromatic N) is 5. The lowest BCUT2D eigenvalue weighted by atomic mass is 10.0. The maximum Gasteiger partial charge on any atom is 0.270 e. The highest BCUT2D eigenvalue weighted by Crippen LogP contribution is 2.23. The summed E-state index contributed by atoms with van der Waals surface area (Å²) in [6.45, 7) is 7.00. The van der Waals surface area contributed by atoms with Gasteiger partial charge in [0.2, 0.25) is 11.1 Å². The number of benzene rings is 1. The molecule has 2 amide bonds. The average Bonchev–Trinajstić information content (AvgIpc) is 3.24. The van der Waals surface area contributed by atoms with Crippen molar-refractivity contribution in [1.29, 1.82) is 0 Å². The van der Waals surface area contributed by atoms with Crippen molar-refractivity contribution in [3.63, 3.8) is 0 Å². The van der Waals surface area contributed by atoms with E-state index in [1.54, 1.807) is 0 Å². The molecule has 32 heavy (non-hydrogen) atoms. The van der Waals surface area contributed by atoms with E-state index >= 15 is 0 Å². The van der Waals surface area contributed by atoms with Crippen LogP contribution in [0.25, 0.3) is 0 Å². The quantitative estimate of drug-likeness (QED) is 0.344. The van der Waals surface area contributed by atoms with Gasteiger partial charge in [0.25, 0.3) is 11.6 Å². The molecule has 0 radical (unpaired) electrons. The van der Waals surface area contributed by atoms with Crippen molar-refractivity contribution in [1.82, 2.24) is 30.3 Å². The number of thioether (sulfide) groups is 1. The van der Waals surface area contributed by atoms with E-state index in [1.165, 1.54) is 36.0 Å². The summed E-state index contributed by atoms with van der Waals surface area (Å²) in [4.78, 5) is 44.0. The molecule has 2 heterocycles. The third-order valence-electron chi connectivity index (χ3n) is 5.23. The zero-order valence-electron chi connectivity index (χ0n) is 18.3. The summed E-state index contributed by atoms with van der Waals surface area (Å²) in [5.41, 5.74) is 0.0406. The van der Waals surface area contributed by atoms with Crippen molar-refractivity contribution in [2.75, 3.05) is 39.0 Å². The number of nitro benzene ring substituents is 1. The number of aromatic nitrogens is 3. The number of non-ortho nitro benzene ring substituents is 1. The second kappa shape index (κ2) is 10.6. The smallest absolute Gasteiger partial charge is 0.270 e. The van der Waals surface area contributed by atoms with E-state index in [1.807, 2.05) is 25.8 Å². The van der Waals surface area contributed by atoms with Crippen LogP contribution in [-0.4, -0.2) is 80.7 Å². The number of likely N-dealkylation sites (N-methyl/N-ethyl adjacent to an activating group) is 1. The number of hydrogen-bond donors (Lipinski definition) is 2. The number of H-pyrrole nitrogens is 1. The first-order valence-corrected chi connectivity index (χ1v) is 11.3. The van der Waals surface area contributed by atoms with Crippen LogP contribution in [0.1, 0.15) is 36.1 Å². The summed E-state index contributed by atoms with van der Waals surface area (Å²) < 4.78 is 0. The van der Waals surface area contributed by atoms with E-state index in [0.29, 0.717) is 24.1 Å².